The molecule has 1 amide bonds. The van der Waals surface area contributed by atoms with E-state index in [1.807, 2.05) is 13.8 Å². The quantitative estimate of drug-likeness (QED) is 0.812. The molecule has 0 saturated heterocycles. The maximum Gasteiger partial charge on any atom is 0.288 e. The fraction of sp³-hybridized carbons (Fsp3) is 0.417. The largest absolute Gasteiger partial charge is 0.324 e. The van der Waals surface area contributed by atoms with Crippen molar-refractivity contribution in [2.24, 2.45) is 11.7 Å². The van der Waals surface area contributed by atoms with Gasteiger partial charge in [-0.1, -0.05) is 37.7 Å². The van der Waals surface area contributed by atoms with Gasteiger partial charge in [-0.3, -0.25) is 4.79 Å². The number of alkyl halides is 2. The van der Waals surface area contributed by atoms with Crippen LogP contribution in [0.3, 0.4) is 0 Å². The summed E-state index contributed by atoms with van der Waals surface area (Å²) in [6, 6.07) is 5.77. The number of amides is 1. The number of para-hydroxylation sites is 1. The van der Waals surface area contributed by atoms with E-state index >= 15 is 0 Å². The first-order chi connectivity index (χ1) is 8.41. The number of thioether (sulfide) groups is 1. The van der Waals surface area contributed by atoms with Gasteiger partial charge in [0.1, 0.15) is 0 Å². The Morgan fingerprint density at radius 1 is 1.33 bits per heavy atom. The number of nitrogens with two attached hydrogens (primary N) is 1. The average Bonchev–Trinajstić information content (AvgIpc) is 2.29. The highest BCUT2D eigenvalue weighted by molar-refractivity contribution is 7.99. The van der Waals surface area contributed by atoms with Crippen LogP contribution in [0.1, 0.15) is 13.8 Å². The summed E-state index contributed by atoms with van der Waals surface area (Å²) in [5, 5.41) is 2.58. The molecule has 1 aromatic carbocycles. The molecule has 0 saturated carbocycles. The second-order valence-electron chi connectivity index (χ2n) is 4.13. The van der Waals surface area contributed by atoms with Crippen LogP contribution in [-0.4, -0.2) is 17.7 Å². The molecule has 1 atom stereocenters. The third-order valence-electron chi connectivity index (χ3n) is 2.38. The fourth-order valence-corrected chi connectivity index (χ4v) is 1.88. The van der Waals surface area contributed by atoms with Crippen LogP contribution in [0.4, 0.5) is 14.5 Å². The predicted octanol–water partition coefficient (Wildman–Crippen LogP) is 2.92. The summed E-state index contributed by atoms with van der Waals surface area (Å²) in [5.41, 5.74) is 6.06. The molecule has 0 heterocycles. The maximum atomic E-state index is 12.4. The van der Waals surface area contributed by atoms with Crippen LogP contribution in [0.15, 0.2) is 29.2 Å². The normalized spacial score (nSPS) is 12.8. The molecule has 1 unspecified atom stereocenters. The number of rotatable bonds is 5. The summed E-state index contributed by atoms with van der Waals surface area (Å²) in [7, 11) is 0. The van der Waals surface area contributed by atoms with Crippen molar-refractivity contribution in [1.29, 1.82) is 0 Å². The van der Waals surface area contributed by atoms with Gasteiger partial charge in [0, 0.05) is 4.90 Å². The zero-order valence-corrected chi connectivity index (χ0v) is 11.0. The highest BCUT2D eigenvalue weighted by Crippen LogP contribution is 2.31. The molecule has 0 radical (unpaired) electrons. The maximum absolute atomic E-state index is 12.4. The Labute approximate surface area is 109 Å². The van der Waals surface area contributed by atoms with Gasteiger partial charge in [-0.2, -0.15) is 8.78 Å². The molecule has 18 heavy (non-hydrogen) atoms. The third-order valence-corrected chi connectivity index (χ3v) is 3.17. The lowest BCUT2D eigenvalue weighted by Gasteiger charge is -2.16. The van der Waals surface area contributed by atoms with Gasteiger partial charge in [-0.15, -0.1) is 0 Å². The van der Waals surface area contributed by atoms with Crippen LogP contribution in [-0.2, 0) is 4.79 Å². The zero-order chi connectivity index (χ0) is 13.7. The molecular weight excluding hydrogens is 258 g/mol. The molecule has 3 N–H and O–H groups in total. The van der Waals surface area contributed by atoms with E-state index in [-0.39, 0.29) is 11.8 Å². The Kier molecular flexibility index (Phi) is 5.55. The molecule has 0 aliphatic heterocycles. The number of benzene rings is 1. The van der Waals surface area contributed by atoms with Gasteiger partial charge in [0.25, 0.3) is 5.76 Å². The second-order valence-corrected chi connectivity index (χ2v) is 5.17. The minimum absolute atomic E-state index is 0.0140. The highest BCUT2D eigenvalue weighted by atomic mass is 32.2. The van der Waals surface area contributed by atoms with Gasteiger partial charge in [0.2, 0.25) is 5.91 Å². The van der Waals surface area contributed by atoms with E-state index in [0.29, 0.717) is 22.3 Å². The van der Waals surface area contributed by atoms with Crippen LogP contribution in [0.2, 0.25) is 0 Å². The minimum Gasteiger partial charge on any atom is -0.324 e. The lowest BCUT2D eigenvalue weighted by Crippen LogP contribution is -2.39. The minimum atomic E-state index is -2.53. The number of halogens is 2. The van der Waals surface area contributed by atoms with E-state index in [1.54, 1.807) is 18.2 Å². The van der Waals surface area contributed by atoms with Gasteiger partial charge < -0.3 is 11.1 Å². The van der Waals surface area contributed by atoms with Crippen molar-refractivity contribution < 1.29 is 13.6 Å². The SMILES string of the molecule is CC(C)C(N)C(=O)Nc1ccccc1SC(F)F. The number of carbonyl (C=O) groups is 1. The van der Waals surface area contributed by atoms with Crippen LogP contribution in [0, 0.1) is 5.92 Å². The van der Waals surface area contributed by atoms with Gasteiger partial charge in [-0.05, 0) is 18.1 Å². The first-order valence-electron chi connectivity index (χ1n) is 5.52. The Bertz CT molecular complexity index is 413. The van der Waals surface area contributed by atoms with Crippen LogP contribution in [0.5, 0.6) is 0 Å². The zero-order valence-electron chi connectivity index (χ0n) is 10.2. The summed E-state index contributed by atoms with van der Waals surface area (Å²) in [4.78, 5) is 12.1. The first-order valence-corrected chi connectivity index (χ1v) is 6.40. The molecule has 3 nitrogen and oxygen atoms in total. The van der Waals surface area contributed by atoms with E-state index in [9.17, 15) is 13.6 Å². The Morgan fingerprint density at radius 3 is 2.50 bits per heavy atom. The van der Waals surface area contributed by atoms with E-state index in [1.165, 1.54) is 6.07 Å². The van der Waals surface area contributed by atoms with Gasteiger partial charge in [0.15, 0.2) is 0 Å². The van der Waals surface area contributed by atoms with Crippen LogP contribution >= 0.6 is 11.8 Å². The van der Waals surface area contributed by atoms with Gasteiger partial charge in [0.05, 0.1) is 11.7 Å². The smallest absolute Gasteiger partial charge is 0.288 e. The van der Waals surface area contributed by atoms with Crippen LogP contribution in [0.25, 0.3) is 0 Å². The summed E-state index contributed by atoms with van der Waals surface area (Å²) in [6.45, 7) is 3.65. The Hall–Kier alpha value is -1.14. The number of carbonyl (C=O) groups excluding carboxylic acids is 1. The lowest BCUT2D eigenvalue weighted by atomic mass is 10.1. The molecular formula is C12H16F2N2OS. The molecule has 0 bridgehead atoms. The van der Waals surface area contributed by atoms with Gasteiger partial charge >= 0.3 is 0 Å². The average molecular weight is 274 g/mol. The predicted molar refractivity (Wildman–Crippen MR) is 69.7 cm³/mol. The van der Waals surface area contributed by atoms with E-state index in [0.717, 1.165) is 0 Å². The first kappa shape index (κ1) is 14.9. The molecule has 100 valence electrons. The monoisotopic (exact) mass is 274 g/mol. The molecule has 0 aromatic heterocycles. The molecule has 1 rings (SSSR count). The van der Waals surface area contributed by atoms with E-state index in [2.05, 4.69) is 5.32 Å². The summed E-state index contributed by atoms with van der Waals surface area (Å²) < 4.78 is 24.7. The van der Waals surface area contributed by atoms with Crippen molar-refractivity contribution in [1.82, 2.24) is 0 Å². The number of hydrogen-bond donors (Lipinski definition) is 2. The molecule has 0 fully saturated rings. The van der Waals surface area contributed by atoms with Crippen molar-refractivity contribution in [3.63, 3.8) is 0 Å². The van der Waals surface area contributed by atoms with E-state index < -0.39 is 11.8 Å². The van der Waals surface area contributed by atoms with Crippen LogP contribution < -0.4 is 11.1 Å². The fourth-order valence-electron chi connectivity index (χ4n) is 1.29. The standard InChI is InChI=1S/C12H16F2N2OS/c1-7(2)10(15)11(17)16-8-5-3-4-6-9(8)18-12(13)14/h3-7,10,12H,15H2,1-2H3,(H,16,17). The topological polar surface area (TPSA) is 55.1 Å². The van der Waals surface area contributed by atoms with Crippen molar-refractivity contribution >= 4 is 23.4 Å². The molecule has 0 aliphatic carbocycles. The molecule has 0 spiro atoms. The number of anilines is 1. The summed E-state index contributed by atoms with van der Waals surface area (Å²) in [6.07, 6.45) is 0. The lowest BCUT2D eigenvalue weighted by molar-refractivity contribution is -0.118. The summed E-state index contributed by atoms with van der Waals surface area (Å²) in [5.74, 6) is -2.91. The number of hydrogen-bond acceptors (Lipinski definition) is 3. The van der Waals surface area contributed by atoms with Crippen molar-refractivity contribution in [2.45, 2.75) is 30.5 Å². The van der Waals surface area contributed by atoms with Crippen molar-refractivity contribution in [2.75, 3.05) is 5.32 Å². The Morgan fingerprint density at radius 2 is 1.94 bits per heavy atom. The van der Waals surface area contributed by atoms with Crippen molar-refractivity contribution in [3.8, 4) is 0 Å². The van der Waals surface area contributed by atoms with Crippen molar-refractivity contribution in [3.05, 3.63) is 24.3 Å². The third kappa shape index (κ3) is 4.27. The summed E-state index contributed by atoms with van der Waals surface area (Å²) >= 11 is 0.398. The number of nitrogens with one attached hydrogen (secondary N) is 1. The molecule has 1 aromatic rings. The second kappa shape index (κ2) is 6.70. The molecule has 6 heteroatoms. The van der Waals surface area contributed by atoms with Gasteiger partial charge in [-0.25, -0.2) is 0 Å². The molecule has 0 aliphatic rings. The Balaban J connectivity index is 2.81. The highest BCUT2D eigenvalue weighted by Gasteiger charge is 2.19. The van der Waals surface area contributed by atoms with E-state index in [4.69, 9.17) is 5.73 Å².